The number of carbonyl (C=O) groups is 2. The highest BCUT2D eigenvalue weighted by atomic mass is 16.6. The third kappa shape index (κ3) is 7.60. The van der Waals surface area contributed by atoms with Crippen molar-refractivity contribution < 1.29 is 19.1 Å². The maximum atomic E-state index is 12.8. The predicted molar refractivity (Wildman–Crippen MR) is 135 cm³/mol. The van der Waals surface area contributed by atoms with E-state index >= 15 is 0 Å². The number of alkyl carbamates (subject to hydrolysis) is 1. The molecule has 0 spiro atoms. The molecule has 0 radical (unpaired) electrons. The molecule has 8 heteroatoms. The Morgan fingerprint density at radius 1 is 1.06 bits per heavy atom. The summed E-state index contributed by atoms with van der Waals surface area (Å²) in [6.07, 6.45) is 2.19. The largest absolute Gasteiger partial charge is 0.497 e. The molecular weight excluding hydrogens is 444 g/mol. The highest BCUT2D eigenvalue weighted by molar-refractivity contribution is 5.75. The number of aryl methyl sites for hydroxylation is 1. The fourth-order valence-electron chi connectivity index (χ4n) is 3.64. The van der Waals surface area contributed by atoms with Gasteiger partial charge in [0.15, 0.2) is 0 Å². The number of nitrogens with zero attached hydrogens (tertiary/aromatic N) is 2. The van der Waals surface area contributed by atoms with Crippen LogP contribution >= 0.6 is 0 Å². The first-order valence-electron chi connectivity index (χ1n) is 11.6. The minimum absolute atomic E-state index is 0.0737. The summed E-state index contributed by atoms with van der Waals surface area (Å²) in [5, 5.41) is 5.65. The summed E-state index contributed by atoms with van der Waals surface area (Å²) in [7, 11) is 3.24. The zero-order chi connectivity index (χ0) is 25.4. The van der Waals surface area contributed by atoms with Crippen LogP contribution < -0.4 is 15.4 Å². The normalized spacial score (nSPS) is 12.0. The summed E-state index contributed by atoms with van der Waals surface area (Å²) in [5.41, 5.74) is 2.05. The van der Waals surface area contributed by atoms with Gasteiger partial charge in [-0.25, -0.2) is 9.78 Å². The fourth-order valence-corrected chi connectivity index (χ4v) is 3.64. The number of imidazole rings is 1. The van der Waals surface area contributed by atoms with Gasteiger partial charge in [0.1, 0.15) is 17.2 Å². The molecule has 2 amide bonds. The van der Waals surface area contributed by atoms with Gasteiger partial charge in [0.05, 0.1) is 18.8 Å². The van der Waals surface area contributed by atoms with Crippen LogP contribution in [0.5, 0.6) is 5.75 Å². The van der Waals surface area contributed by atoms with Gasteiger partial charge in [-0.3, -0.25) is 4.79 Å². The number of hydrogen-bond donors (Lipinski definition) is 2. The van der Waals surface area contributed by atoms with Crippen LogP contribution in [0.25, 0.3) is 11.3 Å². The minimum atomic E-state index is -0.635. The Morgan fingerprint density at radius 2 is 1.74 bits per heavy atom. The zero-order valence-electron chi connectivity index (χ0n) is 21.0. The second-order valence-electron chi connectivity index (χ2n) is 9.22. The number of carbonyl (C=O) groups excluding carboxylic acids is 2. The predicted octanol–water partition coefficient (Wildman–Crippen LogP) is 4.50. The SMILES string of the molecule is CNC(=O)CCn1cc(-c2ccc(OC)cc2)nc1C(Cc1ccccc1)NC(=O)OC(C)(C)C. The lowest BCUT2D eigenvalue weighted by atomic mass is 10.1. The number of aromatic nitrogens is 2. The fraction of sp³-hybridized carbons (Fsp3) is 0.370. The van der Waals surface area contributed by atoms with Crippen LogP contribution in [0.3, 0.4) is 0 Å². The van der Waals surface area contributed by atoms with Crippen molar-refractivity contribution in [2.75, 3.05) is 14.2 Å². The first kappa shape index (κ1) is 25.8. The summed E-state index contributed by atoms with van der Waals surface area (Å²) in [4.78, 5) is 29.7. The lowest BCUT2D eigenvalue weighted by Crippen LogP contribution is -2.37. The van der Waals surface area contributed by atoms with Crippen molar-refractivity contribution in [3.05, 3.63) is 72.2 Å². The first-order valence-corrected chi connectivity index (χ1v) is 11.6. The van der Waals surface area contributed by atoms with Crippen molar-refractivity contribution in [1.82, 2.24) is 20.2 Å². The molecule has 1 atom stereocenters. The van der Waals surface area contributed by atoms with Gasteiger partial charge in [0.2, 0.25) is 5.91 Å². The van der Waals surface area contributed by atoms with E-state index in [-0.39, 0.29) is 12.3 Å². The van der Waals surface area contributed by atoms with Crippen LogP contribution in [0.15, 0.2) is 60.8 Å². The van der Waals surface area contributed by atoms with Gasteiger partial charge in [-0.05, 0) is 50.6 Å². The minimum Gasteiger partial charge on any atom is -0.497 e. The van der Waals surface area contributed by atoms with Gasteiger partial charge in [-0.15, -0.1) is 0 Å². The number of methoxy groups -OCH3 is 1. The van der Waals surface area contributed by atoms with Crippen LogP contribution in [-0.4, -0.2) is 41.3 Å². The number of benzene rings is 2. The van der Waals surface area contributed by atoms with E-state index in [1.54, 1.807) is 14.2 Å². The lowest BCUT2D eigenvalue weighted by molar-refractivity contribution is -0.120. The van der Waals surface area contributed by atoms with E-state index < -0.39 is 17.7 Å². The summed E-state index contributed by atoms with van der Waals surface area (Å²) in [5.74, 6) is 1.33. The molecule has 186 valence electrons. The molecule has 0 saturated carbocycles. The molecular formula is C27H34N4O4. The molecule has 8 nitrogen and oxygen atoms in total. The van der Waals surface area contributed by atoms with Crippen molar-refractivity contribution in [3.63, 3.8) is 0 Å². The first-order chi connectivity index (χ1) is 16.7. The zero-order valence-corrected chi connectivity index (χ0v) is 21.0. The lowest BCUT2D eigenvalue weighted by Gasteiger charge is -2.24. The quantitative estimate of drug-likeness (QED) is 0.472. The average molecular weight is 479 g/mol. The Labute approximate surface area is 206 Å². The van der Waals surface area contributed by atoms with E-state index in [2.05, 4.69) is 10.6 Å². The maximum Gasteiger partial charge on any atom is 0.408 e. The van der Waals surface area contributed by atoms with Crippen LogP contribution in [-0.2, 0) is 22.5 Å². The van der Waals surface area contributed by atoms with Crippen molar-refractivity contribution in [2.45, 2.75) is 51.8 Å². The average Bonchev–Trinajstić information content (AvgIpc) is 3.26. The number of rotatable bonds is 9. The van der Waals surface area contributed by atoms with Crippen LogP contribution in [0, 0.1) is 0 Å². The molecule has 0 bridgehead atoms. The molecule has 2 N–H and O–H groups in total. The molecule has 35 heavy (non-hydrogen) atoms. The molecule has 2 aromatic carbocycles. The van der Waals surface area contributed by atoms with Crippen molar-refractivity contribution in [1.29, 1.82) is 0 Å². The molecule has 3 aromatic rings. The molecule has 0 aliphatic carbocycles. The van der Waals surface area contributed by atoms with E-state index in [0.29, 0.717) is 18.8 Å². The van der Waals surface area contributed by atoms with E-state index in [9.17, 15) is 9.59 Å². The number of amides is 2. The van der Waals surface area contributed by atoms with E-state index in [1.165, 1.54) is 0 Å². The third-order valence-electron chi connectivity index (χ3n) is 5.34. The van der Waals surface area contributed by atoms with Crippen molar-refractivity contribution >= 4 is 12.0 Å². The summed E-state index contributed by atoms with van der Waals surface area (Å²) in [6.45, 7) is 5.89. The second-order valence-corrected chi connectivity index (χ2v) is 9.22. The monoisotopic (exact) mass is 478 g/mol. The van der Waals surface area contributed by atoms with Crippen LogP contribution in [0.2, 0.25) is 0 Å². The van der Waals surface area contributed by atoms with Gasteiger partial charge in [-0.2, -0.15) is 0 Å². The molecule has 0 saturated heterocycles. The maximum absolute atomic E-state index is 12.8. The topological polar surface area (TPSA) is 94.5 Å². The molecule has 1 unspecified atom stereocenters. The Hall–Kier alpha value is -3.81. The van der Waals surface area contributed by atoms with E-state index in [0.717, 1.165) is 22.6 Å². The molecule has 0 aliphatic heterocycles. The summed E-state index contributed by atoms with van der Waals surface area (Å²) >= 11 is 0. The van der Waals surface area contributed by atoms with Crippen LogP contribution in [0.4, 0.5) is 4.79 Å². The Morgan fingerprint density at radius 3 is 2.34 bits per heavy atom. The Kier molecular flexibility index (Phi) is 8.52. The third-order valence-corrected chi connectivity index (χ3v) is 5.34. The van der Waals surface area contributed by atoms with E-state index in [4.69, 9.17) is 14.5 Å². The highest BCUT2D eigenvalue weighted by Crippen LogP contribution is 2.26. The summed E-state index contributed by atoms with van der Waals surface area (Å²) < 4.78 is 12.7. The smallest absolute Gasteiger partial charge is 0.408 e. The number of hydrogen-bond acceptors (Lipinski definition) is 5. The standard InChI is InChI=1S/C27H34N4O4/c1-27(2,3)35-26(33)30-22(17-19-9-7-6-8-10-19)25-29-23(18-31(25)16-15-24(32)28-4)20-11-13-21(34-5)14-12-20/h6-14,18,22H,15-17H2,1-5H3,(H,28,32)(H,30,33). The van der Waals surface area contributed by atoms with Gasteiger partial charge in [0.25, 0.3) is 0 Å². The van der Waals surface area contributed by atoms with E-state index in [1.807, 2.05) is 86.1 Å². The van der Waals surface area contributed by atoms with Crippen molar-refractivity contribution in [2.24, 2.45) is 0 Å². The Bertz CT molecular complexity index is 1120. The van der Waals surface area contributed by atoms with Crippen LogP contribution in [0.1, 0.15) is 44.6 Å². The molecule has 0 aliphatic rings. The molecule has 0 fully saturated rings. The van der Waals surface area contributed by atoms with Gasteiger partial charge in [0, 0.05) is 38.2 Å². The highest BCUT2D eigenvalue weighted by Gasteiger charge is 2.25. The number of nitrogens with one attached hydrogen (secondary N) is 2. The molecule has 1 aromatic heterocycles. The molecule has 3 rings (SSSR count). The van der Waals surface area contributed by atoms with Gasteiger partial charge < -0.3 is 24.7 Å². The van der Waals surface area contributed by atoms with Crippen molar-refractivity contribution in [3.8, 4) is 17.0 Å². The van der Waals surface area contributed by atoms with Gasteiger partial charge in [-0.1, -0.05) is 30.3 Å². The summed E-state index contributed by atoms with van der Waals surface area (Å²) in [6, 6.07) is 17.0. The second kappa shape index (κ2) is 11.6. The van der Waals surface area contributed by atoms with Gasteiger partial charge >= 0.3 is 6.09 Å². The number of ether oxygens (including phenoxy) is 2. The Balaban J connectivity index is 2.00. The molecule has 1 heterocycles.